The fourth-order valence-electron chi connectivity index (χ4n) is 4.11. The van der Waals surface area contributed by atoms with Crippen molar-refractivity contribution in [2.45, 2.75) is 46.5 Å². The molecule has 1 amide bonds. The highest BCUT2D eigenvalue weighted by atomic mass is 35.5. The molecular formula is C22H28ClN3O2. The fourth-order valence-corrected chi connectivity index (χ4v) is 4.34. The molecule has 0 aliphatic carbocycles. The Balaban J connectivity index is 1.64. The summed E-state index contributed by atoms with van der Waals surface area (Å²) >= 11 is 6.01. The molecule has 1 saturated heterocycles. The predicted octanol–water partition coefficient (Wildman–Crippen LogP) is 4.05. The van der Waals surface area contributed by atoms with Gasteiger partial charge in [0.1, 0.15) is 0 Å². The Labute approximate surface area is 171 Å². The van der Waals surface area contributed by atoms with E-state index < -0.39 is 0 Å². The fraction of sp³-hybridized carbons (Fsp3) is 0.500. The summed E-state index contributed by atoms with van der Waals surface area (Å²) < 4.78 is 1.86. The standard InChI is InChI=1S/C22H28ClN3O2/c1-14-12-18(23)7-8-19(14)22(28)17-6-5-11-26(13-17)21(27)10-9-20-15(2)24-25(4)16(20)3/h7-8,12,17H,5-6,9-11,13H2,1-4H3/t17-/m0/s1. The zero-order valence-electron chi connectivity index (χ0n) is 17.1. The average molecular weight is 402 g/mol. The quantitative estimate of drug-likeness (QED) is 0.710. The number of halogens is 1. The monoisotopic (exact) mass is 401 g/mol. The van der Waals surface area contributed by atoms with Gasteiger partial charge >= 0.3 is 0 Å². The smallest absolute Gasteiger partial charge is 0.222 e. The van der Waals surface area contributed by atoms with E-state index in [1.165, 1.54) is 0 Å². The Bertz CT molecular complexity index is 903. The normalized spacial score (nSPS) is 17.0. The SMILES string of the molecule is Cc1cc(Cl)ccc1C(=O)[C@H]1CCCN(C(=O)CCc2c(C)nn(C)c2C)C1. The number of amides is 1. The summed E-state index contributed by atoms with van der Waals surface area (Å²) in [5, 5.41) is 5.06. The zero-order valence-corrected chi connectivity index (χ0v) is 17.8. The van der Waals surface area contributed by atoms with Crippen molar-refractivity contribution in [2.75, 3.05) is 13.1 Å². The van der Waals surface area contributed by atoms with Gasteiger partial charge in [-0.3, -0.25) is 14.3 Å². The summed E-state index contributed by atoms with van der Waals surface area (Å²) in [6.07, 6.45) is 2.83. The summed E-state index contributed by atoms with van der Waals surface area (Å²) in [7, 11) is 1.92. The predicted molar refractivity (Wildman–Crippen MR) is 111 cm³/mol. The van der Waals surface area contributed by atoms with E-state index in [4.69, 9.17) is 11.6 Å². The molecule has 28 heavy (non-hydrogen) atoms. The molecule has 150 valence electrons. The molecule has 0 bridgehead atoms. The minimum absolute atomic E-state index is 0.116. The van der Waals surface area contributed by atoms with E-state index in [1.54, 1.807) is 12.1 Å². The minimum Gasteiger partial charge on any atom is -0.342 e. The lowest BCUT2D eigenvalue weighted by atomic mass is 9.88. The maximum atomic E-state index is 13.0. The third-order valence-electron chi connectivity index (χ3n) is 5.85. The van der Waals surface area contributed by atoms with Crippen LogP contribution in [0.2, 0.25) is 5.02 Å². The second-order valence-electron chi connectivity index (χ2n) is 7.78. The molecule has 0 spiro atoms. The number of rotatable bonds is 5. The Hall–Kier alpha value is -2.14. The lowest BCUT2D eigenvalue weighted by Crippen LogP contribution is -2.42. The van der Waals surface area contributed by atoms with Crippen molar-refractivity contribution in [3.63, 3.8) is 0 Å². The van der Waals surface area contributed by atoms with E-state index >= 15 is 0 Å². The molecule has 2 heterocycles. The van der Waals surface area contributed by atoms with Gasteiger partial charge in [-0.05, 0) is 69.4 Å². The number of ketones is 1. The average Bonchev–Trinajstić information content (AvgIpc) is 2.91. The minimum atomic E-state index is -0.139. The van der Waals surface area contributed by atoms with Gasteiger partial charge in [0.05, 0.1) is 5.69 Å². The van der Waals surface area contributed by atoms with Crippen molar-refractivity contribution in [1.82, 2.24) is 14.7 Å². The number of aryl methyl sites for hydroxylation is 3. The molecule has 0 saturated carbocycles. The van der Waals surface area contributed by atoms with E-state index in [2.05, 4.69) is 5.10 Å². The highest BCUT2D eigenvalue weighted by Gasteiger charge is 2.29. The number of carbonyl (C=O) groups is 2. The summed E-state index contributed by atoms with van der Waals surface area (Å²) in [6.45, 7) is 7.15. The molecule has 2 aromatic rings. The number of hydrogen-bond donors (Lipinski definition) is 0. The molecule has 0 unspecified atom stereocenters. The molecule has 0 N–H and O–H groups in total. The molecule has 1 aliphatic heterocycles. The third-order valence-corrected chi connectivity index (χ3v) is 6.08. The summed E-state index contributed by atoms with van der Waals surface area (Å²) in [5.41, 5.74) is 4.85. The summed E-state index contributed by atoms with van der Waals surface area (Å²) in [5.74, 6) is 0.0954. The first-order chi connectivity index (χ1) is 13.3. The molecule has 1 aliphatic rings. The first-order valence-electron chi connectivity index (χ1n) is 9.85. The first kappa shape index (κ1) is 20.6. The van der Waals surface area contributed by atoms with E-state index in [-0.39, 0.29) is 17.6 Å². The van der Waals surface area contributed by atoms with Crippen LogP contribution in [0.15, 0.2) is 18.2 Å². The third kappa shape index (κ3) is 4.30. The molecule has 3 rings (SSSR count). The lowest BCUT2D eigenvalue weighted by Gasteiger charge is -2.32. The lowest BCUT2D eigenvalue weighted by molar-refractivity contribution is -0.132. The number of likely N-dealkylation sites (tertiary alicyclic amines) is 1. The van der Waals surface area contributed by atoms with Crippen LogP contribution in [0.25, 0.3) is 0 Å². The van der Waals surface area contributed by atoms with Gasteiger partial charge in [0.2, 0.25) is 5.91 Å². The molecule has 6 heteroatoms. The van der Waals surface area contributed by atoms with Crippen LogP contribution in [-0.4, -0.2) is 39.5 Å². The Morgan fingerprint density at radius 1 is 1.25 bits per heavy atom. The van der Waals surface area contributed by atoms with E-state index in [1.807, 2.05) is 43.5 Å². The molecule has 1 atom stereocenters. The molecule has 0 radical (unpaired) electrons. The second kappa shape index (κ2) is 8.48. The summed E-state index contributed by atoms with van der Waals surface area (Å²) in [6, 6.07) is 5.37. The van der Waals surface area contributed by atoms with Gasteiger partial charge < -0.3 is 4.90 Å². The van der Waals surface area contributed by atoms with Gasteiger partial charge in [0.15, 0.2) is 5.78 Å². The van der Waals surface area contributed by atoms with Crippen LogP contribution >= 0.6 is 11.6 Å². The van der Waals surface area contributed by atoms with Crippen LogP contribution in [0.3, 0.4) is 0 Å². The number of hydrogen-bond acceptors (Lipinski definition) is 3. The number of nitrogens with zero attached hydrogens (tertiary/aromatic N) is 3. The Kier molecular flexibility index (Phi) is 6.23. The van der Waals surface area contributed by atoms with Crippen LogP contribution < -0.4 is 0 Å². The maximum absolute atomic E-state index is 13.0. The Morgan fingerprint density at radius 2 is 2.00 bits per heavy atom. The van der Waals surface area contributed by atoms with Gasteiger partial charge in [0, 0.05) is 48.8 Å². The highest BCUT2D eigenvalue weighted by molar-refractivity contribution is 6.30. The van der Waals surface area contributed by atoms with Crippen LogP contribution in [-0.2, 0) is 18.3 Å². The Morgan fingerprint density at radius 3 is 2.64 bits per heavy atom. The van der Waals surface area contributed by atoms with Crippen LogP contribution in [0.5, 0.6) is 0 Å². The number of Topliss-reactive ketones (excluding diaryl/α,β-unsaturated/α-hetero) is 1. The number of carbonyl (C=O) groups excluding carboxylic acids is 2. The van der Waals surface area contributed by atoms with Gasteiger partial charge in [-0.1, -0.05) is 11.6 Å². The largest absolute Gasteiger partial charge is 0.342 e. The first-order valence-corrected chi connectivity index (χ1v) is 10.2. The molecule has 5 nitrogen and oxygen atoms in total. The van der Waals surface area contributed by atoms with Crippen molar-refractivity contribution >= 4 is 23.3 Å². The molecule has 1 aromatic heterocycles. The highest BCUT2D eigenvalue weighted by Crippen LogP contribution is 2.25. The van der Waals surface area contributed by atoms with Crippen molar-refractivity contribution in [3.05, 3.63) is 51.3 Å². The zero-order chi connectivity index (χ0) is 20.4. The van der Waals surface area contributed by atoms with Crippen molar-refractivity contribution < 1.29 is 9.59 Å². The molecule has 1 fully saturated rings. The van der Waals surface area contributed by atoms with Gasteiger partial charge in [-0.15, -0.1) is 0 Å². The van der Waals surface area contributed by atoms with Crippen molar-refractivity contribution in [3.8, 4) is 0 Å². The van der Waals surface area contributed by atoms with E-state index in [0.717, 1.165) is 41.9 Å². The van der Waals surface area contributed by atoms with Gasteiger partial charge in [0.25, 0.3) is 0 Å². The number of piperidine rings is 1. The van der Waals surface area contributed by atoms with Crippen molar-refractivity contribution in [1.29, 1.82) is 0 Å². The van der Waals surface area contributed by atoms with E-state index in [9.17, 15) is 9.59 Å². The van der Waals surface area contributed by atoms with Crippen LogP contribution in [0.4, 0.5) is 0 Å². The van der Waals surface area contributed by atoms with Gasteiger partial charge in [-0.2, -0.15) is 5.10 Å². The van der Waals surface area contributed by atoms with Gasteiger partial charge in [-0.25, -0.2) is 0 Å². The topological polar surface area (TPSA) is 55.2 Å². The molecular weight excluding hydrogens is 374 g/mol. The number of benzene rings is 1. The summed E-state index contributed by atoms with van der Waals surface area (Å²) in [4.78, 5) is 27.6. The van der Waals surface area contributed by atoms with Crippen LogP contribution in [0, 0.1) is 26.7 Å². The second-order valence-corrected chi connectivity index (χ2v) is 8.21. The maximum Gasteiger partial charge on any atom is 0.222 e. The number of aromatic nitrogens is 2. The van der Waals surface area contributed by atoms with Crippen molar-refractivity contribution in [2.24, 2.45) is 13.0 Å². The van der Waals surface area contributed by atoms with Crippen LogP contribution in [0.1, 0.15) is 52.1 Å². The van der Waals surface area contributed by atoms with E-state index in [0.29, 0.717) is 30.0 Å². The molecule has 1 aromatic carbocycles.